The first-order valence-electron chi connectivity index (χ1n) is 5.10. The van der Waals surface area contributed by atoms with E-state index in [1.807, 2.05) is 0 Å². The van der Waals surface area contributed by atoms with Crippen molar-refractivity contribution in [2.24, 2.45) is 11.7 Å². The third kappa shape index (κ3) is 2.48. The maximum absolute atomic E-state index is 5.99. The molecule has 0 aliphatic heterocycles. The van der Waals surface area contributed by atoms with Crippen molar-refractivity contribution in [1.29, 1.82) is 0 Å². The monoisotopic (exact) mass is 212 g/mol. The Morgan fingerprint density at radius 1 is 1.57 bits per heavy atom. The Balaban J connectivity index is 1.68. The highest BCUT2D eigenvalue weighted by Gasteiger charge is 2.23. The third-order valence-corrected chi connectivity index (χ3v) is 3.75. The summed E-state index contributed by atoms with van der Waals surface area (Å²) in [6.45, 7) is 0. The molecule has 14 heavy (non-hydrogen) atoms. The van der Waals surface area contributed by atoms with Gasteiger partial charge in [-0.25, -0.2) is 4.98 Å². The van der Waals surface area contributed by atoms with Gasteiger partial charge < -0.3 is 5.73 Å². The summed E-state index contributed by atoms with van der Waals surface area (Å²) in [4.78, 5) is 4.06. The van der Waals surface area contributed by atoms with Gasteiger partial charge in [-0.15, -0.1) is 0 Å². The van der Waals surface area contributed by atoms with Crippen molar-refractivity contribution in [3.05, 3.63) is 6.33 Å². The van der Waals surface area contributed by atoms with E-state index in [0.717, 1.165) is 16.8 Å². The van der Waals surface area contributed by atoms with Crippen molar-refractivity contribution in [2.75, 3.05) is 5.75 Å². The number of hydrogen-bond donors (Lipinski definition) is 2. The van der Waals surface area contributed by atoms with E-state index in [0.29, 0.717) is 6.04 Å². The zero-order chi connectivity index (χ0) is 9.80. The minimum Gasteiger partial charge on any atom is -0.327 e. The van der Waals surface area contributed by atoms with Crippen LogP contribution < -0.4 is 5.73 Å². The molecule has 0 bridgehead atoms. The predicted octanol–water partition coefficient (Wildman–Crippen LogP) is 1.41. The average molecular weight is 212 g/mol. The topological polar surface area (TPSA) is 67.6 Å². The van der Waals surface area contributed by atoms with E-state index in [1.54, 1.807) is 18.1 Å². The average Bonchev–Trinajstić information content (AvgIpc) is 2.78. The molecular weight excluding hydrogens is 196 g/mol. The minimum atomic E-state index is 0.435. The number of hydrogen-bond acceptors (Lipinski definition) is 4. The molecular formula is C9H16N4S. The van der Waals surface area contributed by atoms with Gasteiger partial charge in [0.15, 0.2) is 5.16 Å². The molecule has 1 fully saturated rings. The third-order valence-electron chi connectivity index (χ3n) is 2.84. The number of H-pyrrole nitrogens is 1. The predicted molar refractivity (Wildman–Crippen MR) is 57.0 cm³/mol. The summed E-state index contributed by atoms with van der Waals surface area (Å²) in [6, 6.07) is 0.435. The van der Waals surface area contributed by atoms with E-state index in [2.05, 4.69) is 15.2 Å². The molecule has 1 saturated carbocycles. The summed E-state index contributed by atoms with van der Waals surface area (Å²) in [6.07, 6.45) is 6.56. The molecule has 2 rings (SSSR count). The van der Waals surface area contributed by atoms with Gasteiger partial charge in [-0.05, 0) is 25.2 Å². The maximum atomic E-state index is 5.99. The number of nitrogens with one attached hydrogen (secondary N) is 1. The van der Waals surface area contributed by atoms with Crippen LogP contribution in [-0.2, 0) is 0 Å². The second-order valence-electron chi connectivity index (χ2n) is 3.78. The first-order valence-corrected chi connectivity index (χ1v) is 6.08. The van der Waals surface area contributed by atoms with E-state index < -0.39 is 0 Å². The number of aromatic amines is 1. The minimum absolute atomic E-state index is 0.435. The molecule has 78 valence electrons. The summed E-state index contributed by atoms with van der Waals surface area (Å²) in [5, 5.41) is 7.56. The fourth-order valence-electron chi connectivity index (χ4n) is 1.99. The van der Waals surface area contributed by atoms with E-state index in [1.165, 1.54) is 25.7 Å². The van der Waals surface area contributed by atoms with Crippen LogP contribution in [-0.4, -0.2) is 27.0 Å². The summed E-state index contributed by atoms with van der Waals surface area (Å²) in [7, 11) is 0. The molecule has 0 aromatic carbocycles. The van der Waals surface area contributed by atoms with Gasteiger partial charge in [-0.1, -0.05) is 18.2 Å². The Labute approximate surface area is 88.1 Å². The van der Waals surface area contributed by atoms with E-state index in [-0.39, 0.29) is 0 Å². The quantitative estimate of drug-likeness (QED) is 0.741. The molecule has 1 aliphatic carbocycles. The first kappa shape index (κ1) is 9.98. The summed E-state index contributed by atoms with van der Waals surface area (Å²) in [5.41, 5.74) is 5.99. The molecule has 1 aromatic rings. The van der Waals surface area contributed by atoms with Crippen LogP contribution in [0.15, 0.2) is 11.5 Å². The zero-order valence-electron chi connectivity index (χ0n) is 8.15. The Bertz CT molecular complexity index is 262. The molecule has 0 saturated heterocycles. The standard InChI is InChI=1S/C9H16N4S/c10-8-3-1-2-7(8)4-5-14-9-11-6-12-13-9/h6-8H,1-5,10H2,(H,11,12,13). The molecule has 2 unspecified atom stereocenters. The van der Waals surface area contributed by atoms with Crippen LogP contribution in [0.3, 0.4) is 0 Å². The number of aromatic nitrogens is 3. The van der Waals surface area contributed by atoms with E-state index in [9.17, 15) is 0 Å². The van der Waals surface area contributed by atoms with Crippen LogP contribution in [0, 0.1) is 5.92 Å². The van der Waals surface area contributed by atoms with Crippen molar-refractivity contribution < 1.29 is 0 Å². The zero-order valence-corrected chi connectivity index (χ0v) is 8.96. The lowest BCUT2D eigenvalue weighted by molar-refractivity contribution is 0.470. The highest BCUT2D eigenvalue weighted by Crippen LogP contribution is 2.28. The highest BCUT2D eigenvalue weighted by molar-refractivity contribution is 7.99. The lowest BCUT2D eigenvalue weighted by Crippen LogP contribution is -2.24. The Kier molecular flexibility index (Phi) is 3.42. The van der Waals surface area contributed by atoms with Crippen molar-refractivity contribution in [2.45, 2.75) is 36.9 Å². The van der Waals surface area contributed by atoms with Gasteiger partial charge in [0, 0.05) is 11.8 Å². The number of nitrogens with two attached hydrogens (primary N) is 1. The first-order chi connectivity index (χ1) is 6.86. The summed E-state index contributed by atoms with van der Waals surface area (Å²) in [5.74, 6) is 1.82. The van der Waals surface area contributed by atoms with Crippen molar-refractivity contribution in [3.63, 3.8) is 0 Å². The number of thioether (sulfide) groups is 1. The molecule has 3 N–H and O–H groups in total. The van der Waals surface area contributed by atoms with Crippen LogP contribution in [0.1, 0.15) is 25.7 Å². The fraction of sp³-hybridized carbons (Fsp3) is 0.778. The molecule has 0 radical (unpaired) electrons. The van der Waals surface area contributed by atoms with Crippen LogP contribution in [0.25, 0.3) is 0 Å². The second-order valence-corrected chi connectivity index (χ2v) is 4.87. The van der Waals surface area contributed by atoms with E-state index >= 15 is 0 Å². The van der Waals surface area contributed by atoms with E-state index in [4.69, 9.17) is 5.73 Å². The lowest BCUT2D eigenvalue weighted by Gasteiger charge is -2.13. The molecule has 1 heterocycles. The maximum Gasteiger partial charge on any atom is 0.183 e. The molecule has 1 aromatic heterocycles. The summed E-state index contributed by atoms with van der Waals surface area (Å²) >= 11 is 1.73. The second kappa shape index (κ2) is 4.79. The van der Waals surface area contributed by atoms with Crippen molar-refractivity contribution >= 4 is 11.8 Å². The molecule has 2 atom stereocenters. The Hall–Kier alpha value is -0.550. The lowest BCUT2D eigenvalue weighted by atomic mass is 10.0. The normalized spacial score (nSPS) is 26.9. The molecule has 1 aliphatic rings. The van der Waals surface area contributed by atoms with Gasteiger partial charge >= 0.3 is 0 Å². The fourth-order valence-corrected chi connectivity index (χ4v) is 2.85. The molecule has 0 spiro atoms. The van der Waals surface area contributed by atoms with Crippen molar-refractivity contribution in [1.82, 2.24) is 15.2 Å². The van der Waals surface area contributed by atoms with Gasteiger partial charge in [0.2, 0.25) is 0 Å². The molecule has 4 nitrogen and oxygen atoms in total. The van der Waals surface area contributed by atoms with Gasteiger partial charge in [0.1, 0.15) is 6.33 Å². The summed E-state index contributed by atoms with van der Waals surface area (Å²) < 4.78 is 0. The van der Waals surface area contributed by atoms with Crippen LogP contribution in [0.5, 0.6) is 0 Å². The van der Waals surface area contributed by atoms with Gasteiger partial charge in [-0.2, -0.15) is 5.10 Å². The van der Waals surface area contributed by atoms with Crippen LogP contribution in [0.2, 0.25) is 0 Å². The number of nitrogens with zero attached hydrogens (tertiary/aromatic N) is 2. The number of rotatable bonds is 4. The van der Waals surface area contributed by atoms with Gasteiger partial charge in [-0.3, -0.25) is 5.10 Å². The SMILES string of the molecule is NC1CCCC1CCSc1ncn[nH]1. The van der Waals surface area contributed by atoms with Gasteiger partial charge in [0.05, 0.1) is 0 Å². The molecule has 0 amide bonds. The smallest absolute Gasteiger partial charge is 0.183 e. The van der Waals surface area contributed by atoms with Crippen LogP contribution in [0.4, 0.5) is 0 Å². The molecule has 5 heteroatoms. The largest absolute Gasteiger partial charge is 0.327 e. The Morgan fingerprint density at radius 2 is 2.50 bits per heavy atom. The van der Waals surface area contributed by atoms with Crippen molar-refractivity contribution in [3.8, 4) is 0 Å². The Morgan fingerprint density at radius 3 is 3.14 bits per heavy atom. The van der Waals surface area contributed by atoms with Gasteiger partial charge in [0.25, 0.3) is 0 Å². The highest BCUT2D eigenvalue weighted by atomic mass is 32.2. The van der Waals surface area contributed by atoms with Crippen LogP contribution >= 0.6 is 11.8 Å².